The Morgan fingerprint density at radius 1 is 1.53 bits per heavy atom. The molecule has 3 nitrogen and oxygen atoms in total. The minimum atomic E-state index is 0.692. The van der Waals surface area contributed by atoms with Crippen molar-refractivity contribution in [2.45, 2.75) is 25.1 Å². The van der Waals surface area contributed by atoms with Crippen molar-refractivity contribution in [3.8, 4) is 6.07 Å². The molecule has 1 atom stereocenters. The number of thioether (sulfide) groups is 1. The number of benzene rings is 1. The summed E-state index contributed by atoms with van der Waals surface area (Å²) in [5.74, 6) is 1.15. The summed E-state index contributed by atoms with van der Waals surface area (Å²) < 4.78 is 0. The van der Waals surface area contributed by atoms with Gasteiger partial charge in [0.25, 0.3) is 0 Å². The Morgan fingerprint density at radius 3 is 3.05 bits per heavy atom. The largest absolute Gasteiger partial charge is 0.369 e. The molecule has 0 amide bonds. The highest BCUT2D eigenvalue weighted by Gasteiger charge is 2.21. The third-order valence-electron chi connectivity index (χ3n) is 3.50. The van der Waals surface area contributed by atoms with E-state index in [1.54, 1.807) is 0 Å². The van der Waals surface area contributed by atoms with E-state index in [1.165, 1.54) is 12.0 Å². The molecule has 4 heteroatoms. The van der Waals surface area contributed by atoms with E-state index in [-0.39, 0.29) is 0 Å². The van der Waals surface area contributed by atoms with Crippen LogP contribution in [0.15, 0.2) is 18.2 Å². The summed E-state index contributed by atoms with van der Waals surface area (Å²) >= 11 is 2.05. The number of nitrogens with one attached hydrogen (secondary N) is 1. The molecule has 1 unspecified atom stereocenters. The number of hydrogen-bond acceptors (Lipinski definition) is 4. The van der Waals surface area contributed by atoms with Gasteiger partial charge in [-0.05, 0) is 31.2 Å². The predicted molar refractivity (Wildman–Crippen MR) is 82.7 cm³/mol. The first-order valence-electron chi connectivity index (χ1n) is 6.82. The third-order valence-corrected chi connectivity index (χ3v) is 4.87. The predicted octanol–water partition coefficient (Wildman–Crippen LogP) is 2.61. The van der Waals surface area contributed by atoms with E-state index in [2.05, 4.69) is 47.1 Å². The first kappa shape index (κ1) is 14.2. The van der Waals surface area contributed by atoms with E-state index in [4.69, 9.17) is 0 Å². The average Bonchev–Trinajstić information content (AvgIpc) is 2.47. The zero-order valence-corrected chi connectivity index (χ0v) is 12.5. The molecule has 1 aliphatic rings. The Labute approximate surface area is 120 Å². The molecule has 1 fully saturated rings. The maximum Gasteiger partial charge on any atom is 0.101 e. The zero-order valence-electron chi connectivity index (χ0n) is 11.6. The van der Waals surface area contributed by atoms with Gasteiger partial charge in [0.15, 0.2) is 0 Å². The summed E-state index contributed by atoms with van der Waals surface area (Å²) in [6.07, 6.45) is 1.20. The van der Waals surface area contributed by atoms with Gasteiger partial charge in [0.2, 0.25) is 0 Å². The van der Waals surface area contributed by atoms with Crippen LogP contribution in [0.1, 0.15) is 24.5 Å². The maximum atomic E-state index is 9.36. The summed E-state index contributed by atoms with van der Waals surface area (Å²) in [7, 11) is 1.92. The lowest BCUT2D eigenvalue weighted by molar-refractivity contribution is 0.727. The molecule has 0 spiro atoms. The van der Waals surface area contributed by atoms with Crippen molar-refractivity contribution in [1.29, 1.82) is 5.26 Å². The van der Waals surface area contributed by atoms with E-state index in [0.717, 1.165) is 36.6 Å². The SMILES string of the molecule is CCC1CN(c2ccc(CNC)cc2C#N)CCS1. The van der Waals surface area contributed by atoms with Crippen molar-refractivity contribution in [1.82, 2.24) is 5.32 Å². The molecule has 1 N–H and O–H groups in total. The van der Waals surface area contributed by atoms with Crippen LogP contribution in [-0.2, 0) is 6.54 Å². The van der Waals surface area contributed by atoms with Crippen molar-refractivity contribution in [3.05, 3.63) is 29.3 Å². The summed E-state index contributed by atoms with van der Waals surface area (Å²) in [5.41, 5.74) is 3.07. The molecule has 0 aromatic heterocycles. The fourth-order valence-corrected chi connectivity index (χ4v) is 3.63. The Morgan fingerprint density at radius 2 is 2.37 bits per heavy atom. The average molecular weight is 275 g/mol. The van der Waals surface area contributed by atoms with Crippen molar-refractivity contribution >= 4 is 17.4 Å². The molecule has 0 aliphatic carbocycles. The van der Waals surface area contributed by atoms with Crippen LogP contribution in [0.4, 0.5) is 5.69 Å². The molecule has 1 aromatic rings. The number of rotatable bonds is 4. The van der Waals surface area contributed by atoms with Gasteiger partial charge in [0, 0.05) is 30.6 Å². The van der Waals surface area contributed by atoms with Gasteiger partial charge in [-0.15, -0.1) is 0 Å². The topological polar surface area (TPSA) is 39.1 Å². The summed E-state index contributed by atoms with van der Waals surface area (Å²) in [6.45, 7) is 5.15. The van der Waals surface area contributed by atoms with Crippen LogP contribution < -0.4 is 10.2 Å². The number of nitriles is 1. The molecule has 19 heavy (non-hydrogen) atoms. The monoisotopic (exact) mass is 275 g/mol. The maximum absolute atomic E-state index is 9.36. The van der Waals surface area contributed by atoms with Crippen LogP contribution in [0.2, 0.25) is 0 Å². The normalized spacial score (nSPS) is 19.2. The van der Waals surface area contributed by atoms with E-state index in [0.29, 0.717) is 5.25 Å². The Kier molecular flexibility index (Phi) is 5.12. The van der Waals surface area contributed by atoms with E-state index in [9.17, 15) is 5.26 Å². The van der Waals surface area contributed by atoms with Gasteiger partial charge >= 0.3 is 0 Å². The highest BCUT2D eigenvalue weighted by atomic mass is 32.2. The van der Waals surface area contributed by atoms with Crippen molar-refractivity contribution < 1.29 is 0 Å². The molecule has 1 aromatic carbocycles. The van der Waals surface area contributed by atoms with Crippen molar-refractivity contribution in [3.63, 3.8) is 0 Å². The van der Waals surface area contributed by atoms with Gasteiger partial charge in [-0.1, -0.05) is 13.0 Å². The molecule has 0 radical (unpaired) electrons. The third kappa shape index (κ3) is 3.43. The summed E-state index contributed by atoms with van der Waals surface area (Å²) in [5, 5.41) is 13.2. The fourth-order valence-electron chi connectivity index (χ4n) is 2.45. The van der Waals surface area contributed by atoms with Gasteiger partial charge in [0.05, 0.1) is 11.3 Å². The van der Waals surface area contributed by atoms with Crippen LogP contribution in [0.3, 0.4) is 0 Å². The Bertz CT molecular complexity index is 467. The molecular weight excluding hydrogens is 254 g/mol. The number of nitrogens with zero attached hydrogens (tertiary/aromatic N) is 2. The highest BCUT2D eigenvalue weighted by molar-refractivity contribution is 8.00. The molecule has 2 rings (SSSR count). The summed E-state index contributed by atoms with van der Waals surface area (Å²) in [6, 6.07) is 8.58. The lowest BCUT2D eigenvalue weighted by Crippen LogP contribution is -2.38. The molecule has 1 heterocycles. The standard InChI is InChI=1S/C15H21N3S/c1-3-14-11-18(6-7-19-14)15-5-4-12(10-17-2)8-13(15)9-16/h4-5,8,14,17H,3,6-7,10-11H2,1-2H3. The van der Waals surface area contributed by atoms with E-state index in [1.807, 2.05) is 13.1 Å². The van der Waals surface area contributed by atoms with Gasteiger partial charge in [0.1, 0.15) is 6.07 Å². The van der Waals surface area contributed by atoms with Gasteiger partial charge in [-0.2, -0.15) is 17.0 Å². The van der Waals surface area contributed by atoms with E-state index >= 15 is 0 Å². The second kappa shape index (κ2) is 6.83. The second-order valence-electron chi connectivity index (χ2n) is 4.84. The van der Waals surface area contributed by atoms with Crippen LogP contribution in [0.25, 0.3) is 0 Å². The van der Waals surface area contributed by atoms with Crippen LogP contribution in [0.5, 0.6) is 0 Å². The molecule has 1 saturated heterocycles. The van der Waals surface area contributed by atoms with Gasteiger partial charge in [-0.3, -0.25) is 0 Å². The lowest BCUT2D eigenvalue weighted by Gasteiger charge is -2.34. The lowest BCUT2D eigenvalue weighted by atomic mass is 10.1. The zero-order chi connectivity index (χ0) is 13.7. The fraction of sp³-hybridized carbons (Fsp3) is 0.533. The van der Waals surface area contributed by atoms with Crippen LogP contribution in [0, 0.1) is 11.3 Å². The smallest absolute Gasteiger partial charge is 0.101 e. The second-order valence-corrected chi connectivity index (χ2v) is 6.25. The molecule has 1 aliphatic heterocycles. The van der Waals surface area contributed by atoms with Crippen molar-refractivity contribution in [2.75, 3.05) is 30.8 Å². The minimum Gasteiger partial charge on any atom is -0.369 e. The van der Waals surface area contributed by atoms with Crippen LogP contribution >= 0.6 is 11.8 Å². The first-order valence-corrected chi connectivity index (χ1v) is 7.87. The van der Waals surface area contributed by atoms with E-state index < -0.39 is 0 Å². The van der Waals surface area contributed by atoms with Gasteiger partial charge in [-0.25, -0.2) is 0 Å². The molecular formula is C15H21N3S. The van der Waals surface area contributed by atoms with Gasteiger partial charge < -0.3 is 10.2 Å². The molecule has 102 valence electrons. The highest BCUT2D eigenvalue weighted by Crippen LogP contribution is 2.28. The Hall–Kier alpha value is -1.18. The summed E-state index contributed by atoms with van der Waals surface area (Å²) in [4.78, 5) is 2.37. The minimum absolute atomic E-state index is 0.692. The Balaban J connectivity index is 2.21. The number of anilines is 1. The molecule has 0 saturated carbocycles. The quantitative estimate of drug-likeness (QED) is 0.917. The number of hydrogen-bond donors (Lipinski definition) is 1. The molecule has 0 bridgehead atoms. The van der Waals surface area contributed by atoms with Crippen molar-refractivity contribution in [2.24, 2.45) is 0 Å². The first-order chi connectivity index (χ1) is 9.28. The van der Waals surface area contributed by atoms with Crippen LogP contribution in [-0.4, -0.2) is 31.1 Å².